The standard InChI is InChI=1S/C12H22N2O3/c1-13-9-6-10(15)14-12(11(16)17-2)7-4-3-5-8-12/h13H,3-9H2,1-2H3,(H,14,15). The zero-order chi connectivity index (χ0) is 12.7. The molecule has 0 aromatic carbocycles. The third kappa shape index (κ3) is 3.70. The van der Waals surface area contributed by atoms with E-state index in [9.17, 15) is 9.59 Å². The Morgan fingerprint density at radius 1 is 1.24 bits per heavy atom. The lowest BCUT2D eigenvalue weighted by Crippen LogP contribution is -2.56. The zero-order valence-corrected chi connectivity index (χ0v) is 10.7. The minimum absolute atomic E-state index is 0.0911. The van der Waals surface area contributed by atoms with Crippen molar-refractivity contribution >= 4 is 11.9 Å². The van der Waals surface area contributed by atoms with Crippen molar-refractivity contribution in [2.75, 3.05) is 20.7 Å². The molecule has 1 amide bonds. The average Bonchev–Trinajstić information content (AvgIpc) is 2.36. The number of carbonyl (C=O) groups is 2. The lowest BCUT2D eigenvalue weighted by Gasteiger charge is -2.35. The largest absolute Gasteiger partial charge is 0.467 e. The van der Waals surface area contributed by atoms with E-state index < -0.39 is 5.54 Å². The van der Waals surface area contributed by atoms with Gasteiger partial charge in [0.05, 0.1) is 7.11 Å². The van der Waals surface area contributed by atoms with Crippen LogP contribution in [0.2, 0.25) is 0 Å². The van der Waals surface area contributed by atoms with E-state index in [0.29, 0.717) is 25.8 Å². The van der Waals surface area contributed by atoms with Crippen LogP contribution in [0.25, 0.3) is 0 Å². The molecule has 0 aromatic rings. The zero-order valence-electron chi connectivity index (χ0n) is 10.7. The predicted molar refractivity (Wildman–Crippen MR) is 64.5 cm³/mol. The second-order valence-corrected chi connectivity index (χ2v) is 4.54. The Hall–Kier alpha value is -1.10. The van der Waals surface area contributed by atoms with Crippen LogP contribution >= 0.6 is 0 Å². The van der Waals surface area contributed by atoms with Gasteiger partial charge in [0.25, 0.3) is 0 Å². The van der Waals surface area contributed by atoms with Crippen LogP contribution in [0.15, 0.2) is 0 Å². The van der Waals surface area contributed by atoms with Gasteiger partial charge in [0.15, 0.2) is 0 Å². The molecule has 17 heavy (non-hydrogen) atoms. The van der Waals surface area contributed by atoms with Gasteiger partial charge in [-0.2, -0.15) is 0 Å². The van der Waals surface area contributed by atoms with Crippen molar-refractivity contribution in [1.82, 2.24) is 10.6 Å². The summed E-state index contributed by atoms with van der Waals surface area (Å²) in [7, 11) is 3.17. The molecule has 0 atom stereocenters. The summed E-state index contributed by atoms with van der Waals surface area (Å²) in [6.45, 7) is 0.614. The van der Waals surface area contributed by atoms with Crippen molar-refractivity contribution in [3.05, 3.63) is 0 Å². The van der Waals surface area contributed by atoms with E-state index in [0.717, 1.165) is 19.3 Å². The summed E-state index contributed by atoms with van der Waals surface area (Å²) in [6, 6.07) is 0. The van der Waals surface area contributed by atoms with Gasteiger partial charge < -0.3 is 15.4 Å². The quantitative estimate of drug-likeness (QED) is 0.692. The Bertz CT molecular complexity index is 273. The van der Waals surface area contributed by atoms with Crippen LogP contribution in [-0.2, 0) is 14.3 Å². The number of ether oxygens (including phenoxy) is 1. The van der Waals surface area contributed by atoms with Crippen LogP contribution in [0.3, 0.4) is 0 Å². The minimum atomic E-state index is -0.780. The van der Waals surface area contributed by atoms with Gasteiger partial charge in [0.1, 0.15) is 5.54 Å². The molecule has 5 heteroatoms. The first-order valence-corrected chi connectivity index (χ1v) is 6.18. The van der Waals surface area contributed by atoms with E-state index in [1.165, 1.54) is 7.11 Å². The number of esters is 1. The molecule has 0 saturated heterocycles. The van der Waals surface area contributed by atoms with Crippen molar-refractivity contribution in [1.29, 1.82) is 0 Å². The normalized spacial score (nSPS) is 18.5. The van der Waals surface area contributed by atoms with E-state index in [1.54, 1.807) is 7.05 Å². The summed E-state index contributed by atoms with van der Waals surface area (Å²) >= 11 is 0. The van der Waals surface area contributed by atoms with Gasteiger partial charge >= 0.3 is 5.97 Å². The van der Waals surface area contributed by atoms with Crippen LogP contribution in [0.1, 0.15) is 38.5 Å². The number of amides is 1. The van der Waals surface area contributed by atoms with Gasteiger partial charge in [0.2, 0.25) is 5.91 Å². The number of nitrogens with one attached hydrogen (secondary N) is 2. The Morgan fingerprint density at radius 3 is 2.41 bits per heavy atom. The molecule has 1 aliphatic rings. The summed E-state index contributed by atoms with van der Waals surface area (Å²) in [4.78, 5) is 23.6. The smallest absolute Gasteiger partial charge is 0.331 e. The fraction of sp³-hybridized carbons (Fsp3) is 0.833. The van der Waals surface area contributed by atoms with Gasteiger partial charge in [-0.1, -0.05) is 19.3 Å². The molecule has 0 heterocycles. The van der Waals surface area contributed by atoms with Crippen LogP contribution < -0.4 is 10.6 Å². The molecule has 1 rings (SSSR count). The molecule has 1 fully saturated rings. The SMILES string of the molecule is CNCCC(=O)NC1(C(=O)OC)CCCCC1. The van der Waals surface area contributed by atoms with Gasteiger partial charge in [-0.05, 0) is 19.9 Å². The first-order valence-electron chi connectivity index (χ1n) is 6.18. The van der Waals surface area contributed by atoms with Gasteiger partial charge in [-0.25, -0.2) is 4.79 Å². The molecule has 98 valence electrons. The maximum atomic E-state index is 11.8. The lowest BCUT2D eigenvalue weighted by atomic mass is 9.81. The van der Waals surface area contributed by atoms with Crippen molar-refractivity contribution in [3.8, 4) is 0 Å². The summed E-state index contributed by atoms with van der Waals surface area (Å²) in [6.07, 6.45) is 4.79. The van der Waals surface area contributed by atoms with Crippen LogP contribution in [0.5, 0.6) is 0 Å². The maximum absolute atomic E-state index is 11.8. The van der Waals surface area contributed by atoms with Crippen LogP contribution in [0, 0.1) is 0 Å². The first-order chi connectivity index (χ1) is 8.14. The predicted octanol–water partition coefficient (Wildman–Crippen LogP) is 0.588. The Kier molecular flexibility index (Phi) is 5.41. The molecule has 0 spiro atoms. The van der Waals surface area contributed by atoms with Crippen molar-refractivity contribution in [2.24, 2.45) is 0 Å². The molecular formula is C12H22N2O3. The summed E-state index contributed by atoms with van der Waals surface area (Å²) in [5, 5.41) is 5.78. The number of carbonyl (C=O) groups excluding carboxylic acids is 2. The molecular weight excluding hydrogens is 220 g/mol. The second kappa shape index (κ2) is 6.59. The highest BCUT2D eigenvalue weighted by Gasteiger charge is 2.41. The third-order valence-corrected chi connectivity index (χ3v) is 3.26. The molecule has 1 aliphatic carbocycles. The van der Waals surface area contributed by atoms with Crippen LogP contribution in [-0.4, -0.2) is 38.1 Å². The molecule has 5 nitrogen and oxygen atoms in total. The van der Waals surface area contributed by atoms with E-state index in [4.69, 9.17) is 4.74 Å². The second-order valence-electron chi connectivity index (χ2n) is 4.54. The Morgan fingerprint density at radius 2 is 1.88 bits per heavy atom. The lowest BCUT2D eigenvalue weighted by molar-refractivity contribution is -0.152. The maximum Gasteiger partial charge on any atom is 0.331 e. The Balaban J connectivity index is 2.63. The van der Waals surface area contributed by atoms with Crippen LogP contribution in [0.4, 0.5) is 0 Å². The van der Waals surface area contributed by atoms with Crippen molar-refractivity contribution in [3.63, 3.8) is 0 Å². The summed E-state index contributed by atoms with van der Waals surface area (Å²) in [5.74, 6) is -0.401. The molecule has 0 unspecified atom stereocenters. The van der Waals surface area contributed by atoms with Crippen molar-refractivity contribution < 1.29 is 14.3 Å². The van der Waals surface area contributed by atoms with E-state index >= 15 is 0 Å². The topological polar surface area (TPSA) is 67.4 Å². The molecule has 0 bridgehead atoms. The minimum Gasteiger partial charge on any atom is -0.467 e. The van der Waals surface area contributed by atoms with Crippen molar-refractivity contribution in [2.45, 2.75) is 44.1 Å². The highest BCUT2D eigenvalue weighted by Crippen LogP contribution is 2.29. The van der Waals surface area contributed by atoms with Gasteiger partial charge in [-0.15, -0.1) is 0 Å². The van der Waals surface area contributed by atoms with Gasteiger partial charge in [0, 0.05) is 13.0 Å². The molecule has 0 aromatic heterocycles. The van der Waals surface area contributed by atoms with E-state index in [1.807, 2.05) is 0 Å². The molecule has 1 saturated carbocycles. The number of hydrogen-bond acceptors (Lipinski definition) is 4. The summed E-state index contributed by atoms with van der Waals surface area (Å²) < 4.78 is 4.83. The number of methoxy groups -OCH3 is 1. The monoisotopic (exact) mass is 242 g/mol. The highest BCUT2D eigenvalue weighted by atomic mass is 16.5. The fourth-order valence-electron chi connectivity index (χ4n) is 2.30. The molecule has 0 aliphatic heterocycles. The Labute approximate surface area is 102 Å². The van der Waals surface area contributed by atoms with Gasteiger partial charge in [-0.3, -0.25) is 4.79 Å². The fourth-order valence-corrected chi connectivity index (χ4v) is 2.30. The highest BCUT2D eigenvalue weighted by molar-refractivity contribution is 5.88. The average molecular weight is 242 g/mol. The van der Waals surface area contributed by atoms with E-state index in [2.05, 4.69) is 10.6 Å². The van der Waals surface area contributed by atoms with E-state index in [-0.39, 0.29) is 11.9 Å². The molecule has 2 N–H and O–H groups in total. The summed E-state index contributed by atoms with van der Waals surface area (Å²) in [5.41, 5.74) is -0.780. The number of hydrogen-bond donors (Lipinski definition) is 2. The third-order valence-electron chi connectivity index (χ3n) is 3.26. The molecule has 0 radical (unpaired) electrons. The number of rotatable bonds is 5. The first kappa shape index (κ1) is 14.0.